The van der Waals surface area contributed by atoms with Gasteiger partial charge in [0.05, 0.1) is 55.3 Å². The molecule has 1 aliphatic heterocycles. The minimum atomic E-state index is -0.850. The van der Waals surface area contributed by atoms with Crippen LogP contribution in [-0.2, 0) is 23.9 Å². The van der Waals surface area contributed by atoms with Gasteiger partial charge in [-0.05, 0) is 31.2 Å². The Morgan fingerprint density at radius 1 is 1.09 bits per heavy atom. The number of benzene rings is 1. The number of rotatable bonds is 15. The van der Waals surface area contributed by atoms with E-state index in [0.717, 1.165) is 18.4 Å². The summed E-state index contributed by atoms with van der Waals surface area (Å²) in [6, 6.07) is 8.10. The van der Waals surface area contributed by atoms with Gasteiger partial charge in [-0.3, -0.25) is 14.4 Å². The number of hydrogen-bond acceptors (Lipinski definition) is 7. The summed E-state index contributed by atoms with van der Waals surface area (Å²) in [5.74, 6) is -1.02. The molecule has 0 spiro atoms. The van der Waals surface area contributed by atoms with E-state index >= 15 is 0 Å². The van der Waals surface area contributed by atoms with Gasteiger partial charge in [-0.25, -0.2) is 0 Å². The smallest absolute Gasteiger partial charge is 0.236 e. The third-order valence-electron chi connectivity index (χ3n) is 8.46. The number of amides is 3. The first-order valence-electron chi connectivity index (χ1n) is 15.8. The van der Waals surface area contributed by atoms with Crippen molar-refractivity contribution in [3.63, 3.8) is 0 Å². The highest BCUT2D eigenvalue weighted by Crippen LogP contribution is 2.29. The fraction of sp³-hybridized carbons (Fsp3) is 0.727. The van der Waals surface area contributed by atoms with Gasteiger partial charge in [0, 0.05) is 27.8 Å². The molecule has 4 N–H and O–H groups in total. The van der Waals surface area contributed by atoms with Crippen LogP contribution < -0.4 is 11.1 Å². The average molecular weight is 607 g/mol. The third-order valence-corrected chi connectivity index (χ3v) is 8.46. The lowest BCUT2D eigenvalue weighted by molar-refractivity contribution is -0.145. The Labute approximate surface area is 259 Å². The third kappa shape index (κ3) is 10.8. The van der Waals surface area contributed by atoms with Crippen LogP contribution in [0, 0.1) is 11.8 Å². The van der Waals surface area contributed by atoms with Crippen molar-refractivity contribution in [2.24, 2.45) is 17.6 Å². The SMILES string of the molecule is CCC.CCC(C)C(C(CC(=O)N1CCCC1C(OC)C(C)C(=O)N[C@H](C)C(O)c1ccccc1)OC)N(C)C(=O)CN. The van der Waals surface area contributed by atoms with Gasteiger partial charge in [0.15, 0.2) is 0 Å². The summed E-state index contributed by atoms with van der Waals surface area (Å²) in [6.07, 6.45) is 1.78. The zero-order valence-electron chi connectivity index (χ0n) is 27.9. The Kier molecular flexibility index (Phi) is 17.6. The van der Waals surface area contributed by atoms with E-state index in [1.165, 1.54) is 6.42 Å². The quantitative estimate of drug-likeness (QED) is 0.278. The van der Waals surface area contributed by atoms with Crippen LogP contribution in [0.4, 0.5) is 0 Å². The first-order chi connectivity index (χ1) is 20.4. The molecule has 0 aliphatic carbocycles. The first kappa shape index (κ1) is 38.5. The van der Waals surface area contributed by atoms with E-state index in [2.05, 4.69) is 19.2 Å². The number of carbonyl (C=O) groups is 3. The van der Waals surface area contributed by atoms with Crippen LogP contribution in [0.15, 0.2) is 30.3 Å². The number of methoxy groups -OCH3 is 2. The molecule has 43 heavy (non-hydrogen) atoms. The maximum Gasteiger partial charge on any atom is 0.236 e. The highest BCUT2D eigenvalue weighted by atomic mass is 16.5. The van der Waals surface area contributed by atoms with Crippen molar-refractivity contribution < 1.29 is 29.0 Å². The molecular weight excluding hydrogens is 548 g/mol. The van der Waals surface area contributed by atoms with Gasteiger partial charge in [-0.2, -0.15) is 0 Å². The summed E-state index contributed by atoms with van der Waals surface area (Å²) < 4.78 is 11.6. The van der Waals surface area contributed by atoms with Crippen LogP contribution >= 0.6 is 0 Å². The molecule has 0 aromatic heterocycles. The lowest BCUT2D eigenvalue weighted by Crippen LogP contribution is -2.54. The molecule has 1 fully saturated rings. The molecular formula is C33H58N4O6. The first-order valence-corrected chi connectivity index (χ1v) is 15.8. The molecule has 2 rings (SSSR count). The van der Waals surface area contributed by atoms with Crippen molar-refractivity contribution in [2.75, 3.05) is 34.4 Å². The summed E-state index contributed by atoms with van der Waals surface area (Å²) in [6.45, 7) is 12.3. The Hall–Kier alpha value is -2.53. The molecule has 10 heteroatoms. The molecule has 1 aliphatic rings. The van der Waals surface area contributed by atoms with Crippen molar-refractivity contribution >= 4 is 17.7 Å². The van der Waals surface area contributed by atoms with Gasteiger partial charge in [0.1, 0.15) is 0 Å². The second-order valence-electron chi connectivity index (χ2n) is 11.7. The Morgan fingerprint density at radius 2 is 1.70 bits per heavy atom. The molecule has 0 bridgehead atoms. The summed E-state index contributed by atoms with van der Waals surface area (Å²) in [5, 5.41) is 13.6. The number of carbonyl (C=O) groups excluding carboxylic acids is 3. The number of nitrogens with one attached hydrogen (secondary N) is 1. The topological polar surface area (TPSA) is 134 Å². The lowest BCUT2D eigenvalue weighted by atomic mass is 9.90. The summed E-state index contributed by atoms with van der Waals surface area (Å²) in [7, 11) is 4.82. The Morgan fingerprint density at radius 3 is 2.21 bits per heavy atom. The molecule has 1 saturated heterocycles. The van der Waals surface area contributed by atoms with Crippen LogP contribution in [-0.4, -0.2) is 97.3 Å². The second-order valence-corrected chi connectivity index (χ2v) is 11.7. The molecule has 0 radical (unpaired) electrons. The predicted octanol–water partition coefficient (Wildman–Crippen LogP) is 3.52. The van der Waals surface area contributed by atoms with E-state index in [1.807, 2.05) is 44.2 Å². The number of likely N-dealkylation sites (tertiary alicyclic amines) is 1. The number of hydrogen-bond donors (Lipinski definition) is 3. The predicted molar refractivity (Wildman–Crippen MR) is 170 cm³/mol. The van der Waals surface area contributed by atoms with Crippen LogP contribution in [0.2, 0.25) is 0 Å². The van der Waals surface area contributed by atoms with E-state index in [4.69, 9.17) is 15.2 Å². The van der Waals surface area contributed by atoms with Crippen LogP contribution in [0.1, 0.15) is 85.3 Å². The molecule has 8 atom stereocenters. The largest absolute Gasteiger partial charge is 0.386 e. The van der Waals surface area contributed by atoms with E-state index in [1.54, 1.807) is 44.9 Å². The summed E-state index contributed by atoms with van der Waals surface area (Å²) >= 11 is 0. The fourth-order valence-corrected chi connectivity index (χ4v) is 5.84. The van der Waals surface area contributed by atoms with E-state index in [0.29, 0.717) is 13.0 Å². The maximum absolute atomic E-state index is 13.7. The van der Waals surface area contributed by atoms with Gasteiger partial charge in [-0.1, -0.05) is 77.8 Å². The maximum atomic E-state index is 13.7. The van der Waals surface area contributed by atoms with Crippen molar-refractivity contribution in [1.29, 1.82) is 0 Å². The summed E-state index contributed by atoms with van der Waals surface area (Å²) in [5.41, 5.74) is 6.35. The highest BCUT2D eigenvalue weighted by Gasteiger charge is 2.42. The van der Waals surface area contributed by atoms with Crippen LogP contribution in [0.3, 0.4) is 0 Å². The second kappa shape index (κ2) is 19.7. The normalized spacial score (nSPS) is 19.6. The molecule has 3 amide bonds. The number of nitrogens with two attached hydrogens (primary N) is 1. The number of ether oxygens (including phenoxy) is 2. The van der Waals surface area contributed by atoms with Crippen molar-refractivity contribution in [1.82, 2.24) is 15.1 Å². The average Bonchev–Trinajstić information content (AvgIpc) is 3.50. The lowest BCUT2D eigenvalue weighted by Gasteiger charge is -2.39. The molecule has 10 nitrogen and oxygen atoms in total. The number of nitrogens with zero attached hydrogens (tertiary/aromatic N) is 2. The monoisotopic (exact) mass is 606 g/mol. The minimum Gasteiger partial charge on any atom is -0.386 e. The number of aliphatic hydroxyl groups is 1. The van der Waals surface area contributed by atoms with Gasteiger partial charge in [0.25, 0.3) is 0 Å². The van der Waals surface area contributed by atoms with Gasteiger partial charge >= 0.3 is 0 Å². The molecule has 1 heterocycles. The zero-order valence-corrected chi connectivity index (χ0v) is 27.9. The zero-order chi connectivity index (χ0) is 32.7. The van der Waals surface area contributed by atoms with Crippen molar-refractivity contribution in [3.05, 3.63) is 35.9 Å². The van der Waals surface area contributed by atoms with Crippen molar-refractivity contribution in [3.8, 4) is 0 Å². The van der Waals surface area contributed by atoms with Crippen LogP contribution in [0.5, 0.6) is 0 Å². The van der Waals surface area contributed by atoms with Crippen molar-refractivity contribution in [2.45, 2.75) is 110 Å². The number of likely N-dealkylation sites (N-methyl/N-ethyl adjacent to an activating group) is 1. The fourth-order valence-electron chi connectivity index (χ4n) is 5.84. The number of aliphatic hydroxyl groups excluding tert-OH is 1. The van der Waals surface area contributed by atoms with E-state index < -0.39 is 30.3 Å². The van der Waals surface area contributed by atoms with Gasteiger partial charge in [-0.15, -0.1) is 0 Å². The molecule has 1 aromatic carbocycles. The molecule has 246 valence electrons. The van der Waals surface area contributed by atoms with Crippen LogP contribution in [0.25, 0.3) is 0 Å². The highest BCUT2D eigenvalue weighted by molar-refractivity contribution is 5.81. The van der Waals surface area contributed by atoms with E-state index in [-0.39, 0.29) is 48.7 Å². The van der Waals surface area contributed by atoms with Gasteiger partial charge in [0.2, 0.25) is 17.7 Å². The molecule has 0 saturated carbocycles. The van der Waals surface area contributed by atoms with E-state index in [9.17, 15) is 19.5 Å². The standard InChI is InChI=1S/C30H50N4O6.C3H8/c1-8-19(2)27(33(5)26(36)18-31)24(39-6)17-25(35)34-16-12-15-23(34)29(40-7)20(3)30(38)32-21(4)28(37)22-13-10-9-11-14-22;1-3-2/h9-11,13-14,19-21,23-24,27-29,37H,8,12,15-18,31H2,1-7H3,(H,32,38);3H2,1-2H3/t19?,20?,21-,23?,24?,27?,28?,29?;/m1./s1. The van der Waals surface area contributed by atoms with Gasteiger partial charge < -0.3 is 35.4 Å². The minimum absolute atomic E-state index is 0.0938. The molecule has 1 aromatic rings. The Balaban J connectivity index is 0.00000295. The molecule has 7 unspecified atom stereocenters. The summed E-state index contributed by atoms with van der Waals surface area (Å²) in [4.78, 5) is 42.7. The Bertz CT molecular complexity index is 964.